The summed E-state index contributed by atoms with van der Waals surface area (Å²) in [5, 5.41) is 0.0870. The van der Waals surface area contributed by atoms with E-state index in [4.69, 9.17) is 9.16 Å². The molecular formula is C21H32O3Si. The minimum atomic E-state index is -2.03. The Labute approximate surface area is 153 Å². The van der Waals surface area contributed by atoms with Crippen molar-refractivity contribution in [3.05, 3.63) is 47.6 Å². The second kappa shape index (κ2) is 8.04. The SMILES string of the molecule is C=CCc1c(C)c(OC=O)c(C)c(CC=C)c1O[Si](C)(C)C(C)(C)C. The van der Waals surface area contributed by atoms with E-state index in [2.05, 4.69) is 47.0 Å². The molecule has 1 aromatic carbocycles. The van der Waals surface area contributed by atoms with Gasteiger partial charge < -0.3 is 9.16 Å². The van der Waals surface area contributed by atoms with Crippen molar-refractivity contribution in [2.24, 2.45) is 0 Å². The summed E-state index contributed by atoms with van der Waals surface area (Å²) >= 11 is 0. The largest absolute Gasteiger partial charge is 0.543 e. The second-order valence-electron chi connectivity index (χ2n) is 7.93. The van der Waals surface area contributed by atoms with Crippen molar-refractivity contribution in [3.63, 3.8) is 0 Å². The fourth-order valence-electron chi connectivity index (χ4n) is 2.61. The Morgan fingerprint density at radius 3 is 1.72 bits per heavy atom. The molecule has 1 rings (SSSR count). The van der Waals surface area contributed by atoms with Crippen LogP contribution in [-0.2, 0) is 17.6 Å². The molecule has 0 spiro atoms. The van der Waals surface area contributed by atoms with Crippen LogP contribution in [-0.4, -0.2) is 14.8 Å². The first kappa shape index (κ1) is 21.2. The van der Waals surface area contributed by atoms with Crippen LogP contribution >= 0.6 is 0 Å². The lowest BCUT2D eigenvalue weighted by Gasteiger charge is -2.38. The van der Waals surface area contributed by atoms with E-state index in [0.29, 0.717) is 25.1 Å². The van der Waals surface area contributed by atoms with Crippen molar-refractivity contribution in [2.75, 3.05) is 0 Å². The number of benzene rings is 1. The lowest BCUT2D eigenvalue weighted by molar-refractivity contribution is -0.120. The topological polar surface area (TPSA) is 35.5 Å². The van der Waals surface area contributed by atoms with Crippen LogP contribution in [0.2, 0.25) is 18.1 Å². The van der Waals surface area contributed by atoms with Gasteiger partial charge in [0, 0.05) is 11.1 Å². The van der Waals surface area contributed by atoms with Crippen LogP contribution in [0.5, 0.6) is 11.5 Å². The molecule has 25 heavy (non-hydrogen) atoms. The summed E-state index contributed by atoms with van der Waals surface area (Å²) < 4.78 is 12.0. The van der Waals surface area contributed by atoms with Gasteiger partial charge in [0.15, 0.2) is 0 Å². The quantitative estimate of drug-likeness (QED) is 0.340. The second-order valence-corrected chi connectivity index (χ2v) is 12.7. The number of carbonyl (C=O) groups is 1. The number of rotatable bonds is 8. The normalized spacial score (nSPS) is 11.8. The van der Waals surface area contributed by atoms with Gasteiger partial charge in [-0.3, -0.25) is 4.79 Å². The number of hydrogen-bond acceptors (Lipinski definition) is 3. The maximum atomic E-state index is 11.0. The third-order valence-corrected chi connectivity index (χ3v) is 9.49. The first-order chi connectivity index (χ1) is 11.5. The summed E-state index contributed by atoms with van der Waals surface area (Å²) in [5.74, 6) is 1.53. The average molecular weight is 361 g/mol. The highest BCUT2D eigenvalue weighted by Gasteiger charge is 2.40. The van der Waals surface area contributed by atoms with Crippen molar-refractivity contribution in [1.82, 2.24) is 0 Å². The molecule has 4 heteroatoms. The molecule has 0 fully saturated rings. The molecule has 0 atom stereocenters. The van der Waals surface area contributed by atoms with Gasteiger partial charge in [-0.15, -0.1) is 13.2 Å². The Morgan fingerprint density at radius 2 is 1.40 bits per heavy atom. The molecule has 1 aromatic rings. The molecule has 0 heterocycles. The smallest absolute Gasteiger partial charge is 0.298 e. The highest BCUT2D eigenvalue weighted by molar-refractivity contribution is 6.74. The van der Waals surface area contributed by atoms with E-state index in [1.54, 1.807) is 0 Å². The zero-order chi connectivity index (χ0) is 19.4. The third-order valence-electron chi connectivity index (χ3n) is 5.16. The van der Waals surface area contributed by atoms with Crippen LogP contribution in [0.1, 0.15) is 43.0 Å². The van der Waals surface area contributed by atoms with Gasteiger partial charge in [-0.2, -0.15) is 0 Å². The number of ether oxygens (including phenoxy) is 1. The van der Waals surface area contributed by atoms with Gasteiger partial charge in [0.05, 0.1) is 0 Å². The highest BCUT2D eigenvalue weighted by atomic mass is 28.4. The van der Waals surface area contributed by atoms with Gasteiger partial charge in [0.2, 0.25) is 0 Å². The van der Waals surface area contributed by atoms with E-state index < -0.39 is 8.32 Å². The van der Waals surface area contributed by atoms with E-state index in [-0.39, 0.29) is 5.04 Å². The fraction of sp³-hybridized carbons (Fsp3) is 0.476. The molecule has 0 radical (unpaired) electrons. The molecule has 0 aliphatic carbocycles. The van der Waals surface area contributed by atoms with Gasteiger partial charge in [-0.1, -0.05) is 32.9 Å². The average Bonchev–Trinajstić information content (AvgIpc) is 2.50. The Hall–Kier alpha value is -1.81. The predicted molar refractivity (Wildman–Crippen MR) is 108 cm³/mol. The summed E-state index contributed by atoms with van der Waals surface area (Å²) in [5.41, 5.74) is 3.95. The van der Waals surface area contributed by atoms with E-state index in [9.17, 15) is 4.79 Å². The molecule has 0 aromatic heterocycles. The van der Waals surface area contributed by atoms with Gasteiger partial charge in [-0.05, 0) is 55.9 Å². The number of allylic oxidation sites excluding steroid dienone is 2. The Morgan fingerprint density at radius 1 is 0.960 bits per heavy atom. The standard InChI is InChI=1S/C21H32O3Si/c1-10-12-17-15(3)19(23-14-22)16(4)18(13-11-2)20(17)24-25(8,9)21(5,6)7/h10-11,14H,1-2,12-13H2,3-9H3. The highest BCUT2D eigenvalue weighted by Crippen LogP contribution is 2.44. The predicted octanol–water partition coefficient (Wildman–Crippen LogP) is 5.68. The van der Waals surface area contributed by atoms with Crippen molar-refractivity contribution in [2.45, 2.75) is 65.6 Å². The van der Waals surface area contributed by atoms with Crippen molar-refractivity contribution >= 4 is 14.8 Å². The molecule has 0 unspecified atom stereocenters. The molecule has 0 aliphatic heterocycles. The molecule has 0 bridgehead atoms. The minimum Gasteiger partial charge on any atom is -0.543 e. The molecule has 0 N–H and O–H groups in total. The fourth-order valence-corrected chi connectivity index (χ4v) is 3.68. The lowest BCUT2D eigenvalue weighted by Crippen LogP contribution is -2.44. The molecule has 0 aliphatic rings. The van der Waals surface area contributed by atoms with Gasteiger partial charge in [0.1, 0.15) is 11.5 Å². The van der Waals surface area contributed by atoms with Gasteiger partial charge in [0.25, 0.3) is 14.8 Å². The monoisotopic (exact) mass is 360 g/mol. The maximum absolute atomic E-state index is 11.0. The summed E-state index contributed by atoms with van der Waals surface area (Å²) in [6, 6.07) is 0. The van der Waals surface area contributed by atoms with Crippen LogP contribution in [0.3, 0.4) is 0 Å². The van der Waals surface area contributed by atoms with Gasteiger partial charge in [-0.25, -0.2) is 0 Å². The van der Waals surface area contributed by atoms with Crippen LogP contribution in [0.25, 0.3) is 0 Å². The zero-order valence-electron chi connectivity index (χ0n) is 16.8. The van der Waals surface area contributed by atoms with Crippen LogP contribution in [0.15, 0.2) is 25.3 Å². The maximum Gasteiger partial charge on any atom is 0.298 e. The van der Waals surface area contributed by atoms with Crippen LogP contribution < -0.4 is 9.16 Å². The van der Waals surface area contributed by atoms with E-state index in [0.717, 1.165) is 28.0 Å². The van der Waals surface area contributed by atoms with Crippen LogP contribution in [0.4, 0.5) is 0 Å². The summed E-state index contributed by atoms with van der Waals surface area (Å²) in [7, 11) is -2.03. The summed E-state index contributed by atoms with van der Waals surface area (Å²) in [6.45, 7) is 23.4. The number of carbonyl (C=O) groups excluding carboxylic acids is 1. The molecule has 0 saturated heterocycles. The molecule has 138 valence electrons. The lowest BCUT2D eigenvalue weighted by atomic mass is 9.93. The van der Waals surface area contributed by atoms with Crippen molar-refractivity contribution in [1.29, 1.82) is 0 Å². The Bertz CT molecular complexity index is 630. The molecular weight excluding hydrogens is 328 g/mol. The first-order valence-electron chi connectivity index (χ1n) is 8.67. The zero-order valence-corrected chi connectivity index (χ0v) is 17.8. The number of hydrogen-bond donors (Lipinski definition) is 0. The Balaban J connectivity index is 3.75. The summed E-state index contributed by atoms with van der Waals surface area (Å²) in [4.78, 5) is 11.0. The van der Waals surface area contributed by atoms with Crippen LogP contribution in [0, 0.1) is 13.8 Å². The minimum absolute atomic E-state index is 0.0870. The summed E-state index contributed by atoms with van der Waals surface area (Å²) in [6.07, 6.45) is 5.04. The van der Waals surface area contributed by atoms with E-state index in [1.807, 2.05) is 26.0 Å². The van der Waals surface area contributed by atoms with Gasteiger partial charge >= 0.3 is 0 Å². The van der Waals surface area contributed by atoms with Crippen molar-refractivity contribution < 1.29 is 14.0 Å². The Kier molecular flexibility index (Phi) is 6.83. The van der Waals surface area contributed by atoms with E-state index in [1.165, 1.54) is 0 Å². The van der Waals surface area contributed by atoms with Crippen molar-refractivity contribution in [3.8, 4) is 11.5 Å². The molecule has 0 saturated carbocycles. The van der Waals surface area contributed by atoms with E-state index >= 15 is 0 Å². The third kappa shape index (κ3) is 4.43. The molecule has 0 amide bonds. The first-order valence-corrected chi connectivity index (χ1v) is 11.6. The molecule has 3 nitrogen and oxygen atoms in total.